The van der Waals surface area contributed by atoms with Crippen LogP contribution in [0.2, 0.25) is 0 Å². The molecule has 29 heavy (non-hydrogen) atoms. The Morgan fingerprint density at radius 2 is 2.00 bits per heavy atom. The van der Waals surface area contributed by atoms with E-state index < -0.39 is 0 Å². The second-order valence-electron chi connectivity index (χ2n) is 7.20. The number of Topliss-reactive ketones (excluding diaryl/α,β-unsaturated/α-hetero) is 1. The molecule has 1 heterocycles. The van der Waals surface area contributed by atoms with E-state index in [-0.39, 0.29) is 17.5 Å². The highest BCUT2D eigenvalue weighted by Crippen LogP contribution is 2.33. The maximum absolute atomic E-state index is 13.2. The summed E-state index contributed by atoms with van der Waals surface area (Å²) in [6.45, 7) is 4.51. The van der Waals surface area contributed by atoms with E-state index in [1.54, 1.807) is 38.5 Å². The minimum atomic E-state index is -0.108. The second-order valence-corrected chi connectivity index (χ2v) is 7.20. The average Bonchev–Trinajstić information content (AvgIpc) is 2.76. The van der Waals surface area contributed by atoms with Gasteiger partial charge in [-0.15, -0.1) is 0 Å². The molecule has 1 aliphatic rings. The molecule has 6 heteroatoms. The molecule has 156 valence electrons. The Balaban J connectivity index is 1.73. The molecule has 6 nitrogen and oxygen atoms in total. The fourth-order valence-electron chi connectivity index (χ4n) is 3.84. The van der Waals surface area contributed by atoms with E-state index in [4.69, 9.17) is 14.2 Å². The zero-order chi connectivity index (χ0) is 20.8. The smallest absolute Gasteiger partial charge is 0.170 e. The topological polar surface area (TPSA) is 68.2 Å². The Bertz CT molecular complexity index is 851. The Kier molecular flexibility index (Phi) is 6.99. The Morgan fingerprint density at radius 1 is 1.17 bits per heavy atom. The van der Waals surface area contributed by atoms with Crippen molar-refractivity contribution in [2.24, 2.45) is 5.92 Å². The zero-order valence-electron chi connectivity index (χ0n) is 17.3. The number of carbonyl (C=O) groups is 1. The lowest BCUT2D eigenvalue weighted by Gasteiger charge is -2.32. The van der Waals surface area contributed by atoms with Crippen molar-refractivity contribution >= 4 is 5.78 Å². The van der Waals surface area contributed by atoms with Gasteiger partial charge in [0.25, 0.3) is 0 Å². The molecule has 3 rings (SSSR count). The number of likely N-dealkylation sites (tertiary alicyclic amines) is 1. The molecule has 0 bridgehead atoms. The molecule has 2 aromatic rings. The van der Waals surface area contributed by atoms with E-state index in [0.29, 0.717) is 42.5 Å². The minimum absolute atomic E-state index is 0.0847. The van der Waals surface area contributed by atoms with Crippen molar-refractivity contribution in [3.63, 3.8) is 0 Å². The van der Waals surface area contributed by atoms with Crippen LogP contribution >= 0.6 is 0 Å². The van der Waals surface area contributed by atoms with Gasteiger partial charge in [0.15, 0.2) is 17.3 Å². The van der Waals surface area contributed by atoms with Gasteiger partial charge >= 0.3 is 0 Å². The molecule has 1 N–H and O–H groups in total. The van der Waals surface area contributed by atoms with Gasteiger partial charge in [0, 0.05) is 30.6 Å². The van der Waals surface area contributed by atoms with Crippen molar-refractivity contribution in [2.45, 2.75) is 26.3 Å². The highest BCUT2D eigenvalue weighted by molar-refractivity contribution is 6.00. The minimum Gasteiger partial charge on any atom is -0.504 e. The number of phenols is 1. The number of ketones is 1. The van der Waals surface area contributed by atoms with Crippen molar-refractivity contribution in [3.8, 4) is 23.0 Å². The third-order valence-electron chi connectivity index (χ3n) is 5.33. The summed E-state index contributed by atoms with van der Waals surface area (Å²) in [6, 6.07) is 10.8. The number of nitrogens with zero attached hydrogens (tertiary/aromatic N) is 1. The lowest BCUT2D eigenvalue weighted by Crippen LogP contribution is -2.38. The Morgan fingerprint density at radius 3 is 2.72 bits per heavy atom. The van der Waals surface area contributed by atoms with Crippen LogP contribution in [0.4, 0.5) is 0 Å². The van der Waals surface area contributed by atoms with Gasteiger partial charge in [-0.2, -0.15) is 0 Å². The van der Waals surface area contributed by atoms with Gasteiger partial charge in [0.05, 0.1) is 26.4 Å². The molecule has 0 spiro atoms. The van der Waals surface area contributed by atoms with E-state index in [0.717, 1.165) is 24.9 Å². The van der Waals surface area contributed by atoms with Crippen LogP contribution in [0.3, 0.4) is 0 Å². The van der Waals surface area contributed by atoms with Crippen LogP contribution in [-0.2, 0) is 6.54 Å². The van der Waals surface area contributed by atoms with E-state index in [2.05, 4.69) is 4.90 Å². The van der Waals surface area contributed by atoms with Gasteiger partial charge in [-0.1, -0.05) is 12.1 Å². The van der Waals surface area contributed by atoms with Crippen LogP contribution in [0.25, 0.3) is 0 Å². The van der Waals surface area contributed by atoms with E-state index in [9.17, 15) is 9.90 Å². The number of piperidine rings is 1. The molecular weight excluding hydrogens is 370 g/mol. The average molecular weight is 399 g/mol. The second kappa shape index (κ2) is 9.65. The third kappa shape index (κ3) is 4.82. The van der Waals surface area contributed by atoms with Crippen molar-refractivity contribution in [3.05, 3.63) is 47.5 Å². The maximum atomic E-state index is 13.2. The molecule has 0 unspecified atom stereocenters. The first-order valence-corrected chi connectivity index (χ1v) is 9.99. The van der Waals surface area contributed by atoms with Gasteiger partial charge < -0.3 is 19.3 Å². The molecule has 0 aromatic heterocycles. The monoisotopic (exact) mass is 399 g/mol. The van der Waals surface area contributed by atoms with Crippen molar-refractivity contribution < 1.29 is 24.1 Å². The summed E-state index contributed by atoms with van der Waals surface area (Å²) in [5.41, 5.74) is 1.40. The fraction of sp³-hybridized carbons (Fsp3) is 0.435. The lowest BCUT2D eigenvalue weighted by atomic mass is 9.89. The molecule has 0 amide bonds. The SMILES string of the molecule is CCOc1cccc(CN2CCC[C@@H](C(=O)c3ccc(OC)cc3OC)C2)c1O. The quantitative estimate of drug-likeness (QED) is 0.679. The highest BCUT2D eigenvalue weighted by atomic mass is 16.5. The van der Waals surface area contributed by atoms with Crippen LogP contribution in [0, 0.1) is 5.92 Å². The number of hydrogen-bond donors (Lipinski definition) is 1. The molecule has 1 atom stereocenters. The number of methoxy groups -OCH3 is 2. The molecule has 1 aliphatic heterocycles. The largest absolute Gasteiger partial charge is 0.504 e. The molecule has 2 aromatic carbocycles. The number of para-hydroxylation sites is 1. The maximum Gasteiger partial charge on any atom is 0.170 e. The van der Waals surface area contributed by atoms with Gasteiger partial charge in [-0.25, -0.2) is 0 Å². The molecular formula is C23H29NO5. The van der Waals surface area contributed by atoms with E-state index in [1.165, 1.54) is 0 Å². The predicted octanol–water partition coefficient (Wildman–Crippen LogP) is 3.90. The number of hydrogen-bond acceptors (Lipinski definition) is 6. The first-order chi connectivity index (χ1) is 14.1. The summed E-state index contributed by atoms with van der Waals surface area (Å²) in [6.07, 6.45) is 1.77. The summed E-state index contributed by atoms with van der Waals surface area (Å²) in [4.78, 5) is 15.4. The number of carbonyl (C=O) groups excluding carboxylic acids is 1. The number of ether oxygens (including phenoxy) is 3. The van der Waals surface area contributed by atoms with E-state index >= 15 is 0 Å². The lowest BCUT2D eigenvalue weighted by molar-refractivity contribution is 0.0807. The van der Waals surface area contributed by atoms with Crippen molar-refractivity contribution in [1.82, 2.24) is 4.90 Å². The van der Waals surface area contributed by atoms with Gasteiger partial charge in [0.1, 0.15) is 11.5 Å². The Labute approximate surface area is 172 Å². The molecule has 0 aliphatic carbocycles. The van der Waals surface area contributed by atoms with Gasteiger partial charge in [0.2, 0.25) is 0 Å². The highest BCUT2D eigenvalue weighted by Gasteiger charge is 2.29. The zero-order valence-corrected chi connectivity index (χ0v) is 17.3. The van der Waals surface area contributed by atoms with Crippen LogP contribution in [-0.4, -0.2) is 49.7 Å². The first-order valence-electron chi connectivity index (χ1n) is 9.99. The van der Waals surface area contributed by atoms with Crippen LogP contribution in [0.5, 0.6) is 23.0 Å². The van der Waals surface area contributed by atoms with Crippen LogP contribution in [0.15, 0.2) is 36.4 Å². The summed E-state index contributed by atoms with van der Waals surface area (Å²) < 4.78 is 16.1. The Hall–Kier alpha value is -2.73. The molecule has 0 radical (unpaired) electrons. The van der Waals surface area contributed by atoms with Gasteiger partial charge in [-0.05, 0) is 44.5 Å². The number of aromatic hydroxyl groups is 1. The summed E-state index contributed by atoms with van der Waals surface area (Å²) in [7, 11) is 3.15. The van der Waals surface area contributed by atoms with Crippen LogP contribution in [0.1, 0.15) is 35.7 Å². The van der Waals surface area contributed by atoms with Gasteiger partial charge in [-0.3, -0.25) is 9.69 Å². The number of phenolic OH excluding ortho intramolecular Hbond substituents is 1. The predicted molar refractivity (Wildman–Crippen MR) is 111 cm³/mol. The van der Waals surface area contributed by atoms with Crippen molar-refractivity contribution in [2.75, 3.05) is 33.9 Å². The normalized spacial score (nSPS) is 17.0. The first kappa shape index (κ1) is 21.0. The summed E-state index contributed by atoms with van der Waals surface area (Å²) in [5, 5.41) is 10.5. The third-order valence-corrected chi connectivity index (χ3v) is 5.33. The summed E-state index contributed by atoms with van der Waals surface area (Å²) in [5.74, 6) is 1.85. The van der Waals surface area contributed by atoms with Crippen molar-refractivity contribution in [1.29, 1.82) is 0 Å². The van der Waals surface area contributed by atoms with Crippen LogP contribution < -0.4 is 14.2 Å². The molecule has 1 fully saturated rings. The molecule has 1 saturated heterocycles. The number of rotatable bonds is 8. The number of benzene rings is 2. The fourth-order valence-corrected chi connectivity index (χ4v) is 3.84. The summed E-state index contributed by atoms with van der Waals surface area (Å²) >= 11 is 0. The molecule has 0 saturated carbocycles. The standard InChI is InChI=1S/C23H29NO5/c1-4-29-20-9-5-7-17(23(20)26)15-24-12-6-8-16(14-24)22(25)19-11-10-18(27-2)13-21(19)28-3/h5,7,9-11,13,16,26H,4,6,8,12,14-15H2,1-3H3/t16-/m1/s1. The van der Waals surface area contributed by atoms with E-state index in [1.807, 2.05) is 19.1 Å².